The second kappa shape index (κ2) is 10.9. The largest absolute Gasteiger partial charge is 0.497 e. The zero-order valence-electron chi connectivity index (χ0n) is 17.4. The first-order chi connectivity index (χ1) is 13.8. The maximum absolute atomic E-state index is 13.1. The van der Waals surface area contributed by atoms with Crippen molar-refractivity contribution in [3.8, 4) is 5.75 Å². The molecule has 2 rings (SSSR count). The van der Waals surface area contributed by atoms with Crippen LogP contribution < -0.4 is 10.1 Å². The summed E-state index contributed by atoms with van der Waals surface area (Å²) in [5, 5.41) is 3.52. The molecule has 29 heavy (non-hydrogen) atoms. The van der Waals surface area contributed by atoms with Gasteiger partial charge in [0.05, 0.1) is 13.5 Å². The number of methoxy groups -OCH3 is 1. The molecule has 0 aliphatic heterocycles. The van der Waals surface area contributed by atoms with Crippen LogP contribution in [-0.4, -0.2) is 36.4 Å². The van der Waals surface area contributed by atoms with Crippen LogP contribution in [0.5, 0.6) is 5.75 Å². The lowest BCUT2D eigenvalue weighted by molar-refractivity contribution is -0.140. The van der Waals surface area contributed by atoms with Crippen molar-refractivity contribution in [2.24, 2.45) is 5.92 Å². The van der Waals surface area contributed by atoms with Crippen LogP contribution in [0.4, 0.5) is 0 Å². The second-order valence-corrected chi connectivity index (χ2v) is 7.93. The quantitative estimate of drug-likeness (QED) is 0.670. The van der Waals surface area contributed by atoms with Crippen molar-refractivity contribution in [3.05, 3.63) is 64.7 Å². The third-order valence-electron chi connectivity index (χ3n) is 4.61. The molecule has 156 valence electrons. The average molecular weight is 417 g/mol. The average Bonchev–Trinajstić information content (AvgIpc) is 2.70. The smallest absolute Gasteiger partial charge is 0.242 e. The highest BCUT2D eigenvalue weighted by Crippen LogP contribution is 2.17. The Hall–Kier alpha value is -2.53. The van der Waals surface area contributed by atoms with Gasteiger partial charge in [0.2, 0.25) is 11.8 Å². The molecule has 2 aromatic carbocycles. The van der Waals surface area contributed by atoms with Crippen LogP contribution in [0, 0.1) is 5.92 Å². The number of halogens is 1. The molecule has 0 aliphatic carbocycles. The number of rotatable bonds is 9. The van der Waals surface area contributed by atoms with Gasteiger partial charge in [0.1, 0.15) is 11.8 Å². The lowest BCUT2D eigenvalue weighted by Crippen LogP contribution is -2.48. The van der Waals surface area contributed by atoms with Crippen molar-refractivity contribution in [2.75, 3.05) is 13.7 Å². The minimum atomic E-state index is -0.599. The Kier molecular flexibility index (Phi) is 8.52. The number of carbonyl (C=O) groups is 2. The van der Waals surface area contributed by atoms with E-state index in [9.17, 15) is 9.59 Å². The minimum absolute atomic E-state index is 0.123. The second-order valence-electron chi connectivity index (χ2n) is 7.49. The van der Waals surface area contributed by atoms with E-state index in [4.69, 9.17) is 16.3 Å². The molecule has 1 atom stereocenters. The van der Waals surface area contributed by atoms with E-state index in [1.165, 1.54) is 0 Å². The number of ether oxygens (including phenoxy) is 1. The van der Waals surface area contributed by atoms with Crippen LogP contribution >= 0.6 is 11.6 Å². The summed E-state index contributed by atoms with van der Waals surface area (Å²) < 4.78 is 5.17. The summed E-state index contributed by atoms with van der Waals surface area (Å²) in [4.78, 5) is 27.4. The first-order valence-corrected chi connectivity index (χ1v) is 10.1. The highest BCUT2D eigenvalue weighted by atomic mass is 35.5. The van der Waals surface area contributed by atoms with Crippen molar-refractivity contribution < 1.29 is 14.3 Å². The van der Waals surface area contributed by atoms with Crippen molar-refractivity contribution in [1.29, 1.82) is 0 Å². The maximum Gasteiger partial charge on any atom is 0.242 e. The Labute approximate surface area is 178 Å². The van der Waals surface area contributed by atoms with Gasteiger partial charge >= 0.3 is 0 Å². The van der Waals surface area contributed by atoms with Gasteiger partial charge in [-0.2, -0.15) is 0 Å². The number of nitrogens with zero attached hydrogens (tertiary/aromatic N) is 1. The molecule has 0 fully saturated rings. The van der Waals surface area contributed by atoms with Gasteiger partial charge in [-0.15, -0.1) is 0 Å². The van der Waals surface area contributed by atoms with Crippen molar-refractivity contribution in [2.45, 2.75) is 39.8 Å². The molecule has 0 heterocycles. The first kappa shape index (κ1) is 22.8. The van der Waals surface area contributed by atoms with E-state index in [0.717, 1.165) is 16.9 Å². The van der Waals surface area contributed by atoms with Gasteiger partial charge in [-0.05, 0) is 48.2 Å². The fraction of sp³-hybridized carbons (Fsp3) is 0.391. The fourth-order valence-electron chi connectivity index (χ4n) is 2.89. The summed E-state index contributed by atoms with van der Waals surface area (Å²) in [6.07, 6.45) is 0.201. The number of nitrogens with one attached hydrogen (secondary N) is 1. The Morgan fingerprint density at radius 3 is 2.34 bits per heavy atom. The van der Waals surface area contributed by atoms with E-state index in [1.807, 2.05) is 56.3 Å². The summed E-state index contributed by atoms with van der Waals surface area (Å²) in [6, 6.07) is 14.1. The third kappa shape index (κ3) is 7.09. The van der Waals surface area contributed by atoms with Gasteiger partial charge in [0.25, 0.3) is 0 Å². The monoisotopic (exact) mass is 416 g/mol. The maximum atomic E-state index is 13.1. The number of benzene rings is 2. The van der Waals surface area contributed by atoms with Gasteiger partial charge in [-0.1, -0.05) is 49.7 Å². The van der Waals surface area contributed by atoms with E-state index in [0.29, 0.717) is 24.0 Å². The van der Waals surface area contributed by atoms with Gasteiger partial charge in [0.15, 0.2) is 0 Å². The van der Waals surface area contributed by atoms with E-state index >= 15 is 0 Å². The molecule has 0 saturated heterocycles. The molecular weight excluding hydrogens is 388 g/mol. The molecule has 0 radical (unpaired) electrons. The topological polar surface area (TPSA) is 58.6 Å². The predicted molar refractivity (Wildman–Crippen MR) is 116 cm³/mol. The summed E-state index contributed by atoms with van der Waals surface area (Å²) in [7, 11) is 1.60. The molecule has 0 aliphatic rings. The van der Waals surface area contributed by atoms with Crippen LogP contribution in [0.15, 0.2) is 48.5 Å². The van der Waals surface area contributed by atoms with Crippen molar-refractivity contribution in [3.63, 3.8) is 0 Å². The molecule has 0 saturated carbocycles. The molecule has 0 spiro atoms. The van der Waals surface area contributed by atoms with Crippen LogP contribution in [0.3, 0.4) is 0 Å². The molecule has 2 aromatic rings. The zero-order valence-corrected chi connectivity index (χ0v) is 18.2. The van der Waals surface area contributed by atoms with E-state index in [2.05, 4.69) is 5.32 Å². The summed E-state index contributed by atoms with van der Waals surface area (Å²) in [5.41, 5.74) is 1.74. The molecule has 6 heteroatoms. The number of carbonyl (C=O) groups excluding carboxylic acids is 2. The first-order valence-electron chi connectivity index (χ1n) is 9.74. The number of hydrogen-bond donors (Lipinski definition) is 1. The molecule has 0 aromatic heterocycles. The van der Waals surface area contributed by atoms with E-state index < -0.39 is 6.04 Å². The molecular formula is C23H29ClN2O3. The zero-order chi connectivity index (χ0) is 21.4. The van der Waals surface area contributed by atoms with Crippen molar-refractivity contribution >= 4 is 23.4 Å². The van der Waals surface area contributed by atoms with E-state index in [-0.39, 0.29) is 18.2 Å². The van der Waals surface area contributed by atoms with Crippen molar-refractivity contribution in [1.82, 2.24) is 10.2 Å². The van der Waals surface area contributed by atoms with Crippen LogP contribution in [0.1, 0.15) is 31.9 Å². The molecule has 2 amide bonds. The van der Waals surface area contributed by atoms with Gasteiger partial charge in [-0.3, -0.25) is 9.59 Å². The van der Waals surface area contributed by atoms with Gasteiger partial charge in [0, 0.05) is 18.1 Å². The predicted octanol–water partition coefficient (Wildman–Crippen LogP) is 4.08. The molecule has 5 nitrogen and oxygen atoms in total. The Bertz CT molecular complexity index is 821. The third-order valence-corrected chi connectivity index (χ3v) is 4.84. The Morgan fingerprint density at radius 2 is 1.76 bits per heavy atom. The highest BCUT2D eigenvalue weighted by molar-refractivity contribution is 6.30. The Balaban J connectivity index is 2.19. The number of hydrogen-bond acceptors (Lipinski definition) is 3. The molecule has 0 unspecified atom stereocenters. The lowest BCUT2D eigenvalue weighted by atomic mass is 10.1. The van der Waals surface area contributed by atoms with Gasteiger partial charge in [-0.25, -0.2) is 0 Å². The normalized spacial score (nSPS) is 11.8. The SMILES string of the molecule is COc1ccc(CC(=O)N(Cc2cccc(Cl)c2)[C@H](C)C(=O)NCC(C)C)cc1. The molecule has 1 N–H and O–H groups in total. The lowest BCUT2D eigenvalue weighted by Gasteiger charge is -2.29. The van der Waals surface area contributed by atoms with Crippen LogP contribution in [0.25, 0.3) is 0 Å². The fourth-order valence-corrected chi connectivity index (χ4v) is 3.10. The molecule has 0 bridgehead atoms. The van der Waals surface area contributed by atoms with Crippen LogP contribution in [0.2, 0.25) is 5.02 Å². The standard InChI is InChI=1S/C23H29ClN2O3/c1-16(2)14-25-23(28)17(3)26(15-19-6-5-7-20(24)12-19)22(27)13-18-8-10-21(29-4)11-9-18/h5-12,16-17H,13-15H2,1-4H3,(H,25,28)/t17-/m1/s1. The Morgan fingerprint density at radius 1 is 1.07 bits per heavy atom. The highest BCUT2D eigenvalue weighted by Gasteiger charge is 2.26. The van der Waals surface area contributed by atoms with Crippen LogP contribution in [-0.2, 0) is 22.6 Å². The summed E-state index contributed by atoms with van der Waals surface area (Å²) >= 11 is 6.10. The minimum Gasteiger partial charge on any atom is -0.497 e. The van der Waals surface area contributed by atoms with E-state index in [1.54, 1.807) is 25.0 Å². The number of amides is 2. The summed E-state index contributed by atoms with van der Waals surface area (Å²) in [6.45, 7) is 6.70. The summed E-state index contributed by atoms with van der Waals surface area (Å²) in [5.74, 6) is 0.784. The van der Waals surface area contributed by atoms with Gasteiger partial charge < -0.3 is 15.0 Å².